The minimum absolute atomic E-state index is 0.631. The average Bonchev–Trinajstić information content (AvgIpc) is 2.83. The molecule has 1 unspecified atom stereocenters. The molecule has 1 N–H and O–H groups in total. The standard InChI is InChI=1S/C14H13N3O/c1-17-9-8-16-14(17)13(18)11-4-2-6-12-10(11)5-3-7-15-12/h2-9,13,18H,1H3. The molecule has 4 heteroatoms. The largest absolute Gasteiger partial charge is 0.380 e. The number of imidazole rings is 1. The Balaban J connectivity index is 2.18. The number of hydrogen-bond donors (Lipinski definition) is 1. The average molecular weight is 239 g/mol. The van der Waals surface area contributed by atoms with Crippen LogP contribution in [0.15, 0.2) is 48.9 Å². The highest BCUT2D eigenvalue weighted by molar-refractivity contribution is 5.82. The van der Waals surface area contributed by atoms with Crippen molar-refractivity contribution in [1.29, 1.82) is 0 Å². The number of hydrogen-bond acceptors (Lipinski definition) is 3. The lowest BCUT2D eigenvalue weighted by molar-refractivity contribution is 0.208. The quantitative estimate of drug-likeness (QED) is 0.744. The maximum absolute atomic E-state index is 10.4. The molecule has 0 aliphatic heterocycles. The van der Waals surface area contributed by atoms with E-state index < -0.39 is 6.10 Å². The van der Waals surface area contributed by atoms with E-state index in [2.05, 4.69) is 9.97 Å². The molecule has 90 valence electrons. The summed E-state index contributed by atoms with van der Waals surface area (Å²) in [6, 6.07) is 9.57. The Hall–Kier alpha value is -2.20. The zero-order chi connectivity index (χ0) is 12.5. The van der Waals surface area contributed by atoms with Crippen LogP contribution in [0.4, 0.5) is 0 Å². The van der Waals surface area contributed by atoms with Crippen LogP contribution < -0.4 is 0 Å². The summed E-state index contributed by atoms with van der Waals surface area (Å²) >= 11 is 0. The number of pyridine rings is 1. The molecule has 0 aliphatic rings. The second-order valence-electron chi connectivity index (χ2n) is 4.22. The van der Waals surface area contributed by atoms with Crippen molar-refractivity contribution in [2.75, 3.05) is 0 Å². The lowest BCUT2D eigenvalue weighted by Crippen LogP contribution is -2.07. The highest BCUT2D eigenvalue weighted by Gasteiger charge is 2.17. The summed E-state index contributed by atoms with van der Waals surface area (Å²) in [5.74, 6) is 0.631. The molecule has 3 aromatic rings. The minimum Gasteiger partial charge on any atom is -0.380 e. The Morgan fingerprint density at radius 2 is 2.00 bits per heavy atom. The summed E-state index contributed by atoms with van der Waals surface area (Å²) in [6.07, 6.45) is 4.52. The molecule has 1 aromatic carbocycles. The molecule has 0 bridgehead atoms. The Morgan fingerprint density at radius 1 is 1.11 bits per heavy atom. The van der Waals surface area contributed by atoms with Crippen molar-refractivity contribution in [2.24, 2.45) is 7.05 Å². The van der Waals surface area contributed by atoms with E-state index in [1.807, 2.05) is 48.1 Å². The zero-order valence-corrected chi connectivity index (χ0v) is 9.99. The summed E-state index contributed by atoms with van der Waals surface area (Å²) in [5, 5.41) is 11.4. The predicted molar refractivity (Wildman–Crippen MR) is 69.0 cm³/mol. The lowest BCUT2D eigenvalue weighted by atomic mass is 10.0. The van der Waals surface area contributed by atoms with E-state index in [-0.39, 0.29) is 0 Å². The molecule has 2 heterocycles. The van der Waals surface area contributed by atoms with Gasteiger partial charge in [0.1, 0.15) is 11.9 Å². The first kappa shape index (κ1) is 10.9. The van der Waals surface area contributed by atoms with Crippen molar-refractivity contribution < 1.29 is 5.11 Å². The molecule has 0 spiro atoms. The van der Waals surface area contributed by atoms with E-state index >= 15 is 0 Å². The van der Waals surface area contributed by atoms with Gasteiger partial charge in [-0.3, -0.25) is 4.98 Å². The van der Waals surface area contributed by atoms with Gasteiger partial charge in [0.2, 0.25) is 0 Å². The molecule has 0 amide bonds. The van der Waals surface area contributed by atoms with Crippen molar-refractivity contribution in [3.63, 3.8) is 0 Å². The molecule has 3 rings (SSSR count). The fraction of sp³-hybridized carbons (Fsp3) is 0.143. The third-order valence-electron chi connectivity index (χ3n) is 3.08. The topological polar surface area (TPSA) is 50.9 Å². The molecule has 2 aromatic heterocycles. The number of fused-ring (bicyclic) bond motifs is 1. The van der Waals surface area contributed by atoms with Gasteiger partial charge in [-0.2, -0.15) is 0 Å². The van der Waals surface area contributed by atoms with Crippen LogP contribution in [0, 0.1) is 0 Å². The Bertz CT molecular complexity index is 685. The van der Waals surface area contributed by atoms with Crippen LogP contribution in [-0.4, -0.2) is 19.6 Å². The molecule has 0 aliphatic carbocycles. The predicted octanol–water partition coefficient (Wildman–Crippen LogP) is 2.05. The number of rotatable bonds is 2. The van der Waals surface area contributed by atoms with Crippen LogP contribution in [0.1, 0.15) is 17.5 Å². The fourth-order valence-corrected chi connectivity index (χ4v) is 2.15. The van der Waals surface area contributed by atoms with Crippen LogP contribution in [0.3, 0.4) is 0 Å². The zero-order valence-electron chi connectivity index (χ0n) is 9.99. The van der Waals surface area contributed by atoms with E-state index in [0.717, 1.165) is 16.5 Å². The summed E-state index contributed by atoms with van der Waals surface area (Å²) in [5.41, 5.74) is 1.71. The van der Waals surface area contributed by atoms with Gasteiger partial charge in [0.15, 0.2) is 0 Å². The second-order valence-corrected chi connectivity index (χ2v) is 4.22. The van der Waals surface area contributed by atoms with Crippen LogP contribution >= 0.6 is 0 Å². The van der Waals surface area contributed by atoms with Crippen molar-refractivity contribution in [3.05, 3.63) is 60.3 Å². The summed E-state index contributed by atoms with van der Waals surface area (Å²) in [4.78, 5) is 8.48. The monoisotopic (exact) mass is 239 g/mol. The van der Waals surface area contributed by atoms with Gasteiger partial charge in [0.05, 0.1) is 5.52 Å². The smallest absolute Gasteiger partial charge is 0.142 e. The molecule has 0 saturated carbocycles. The van der Waals surface area contributed by atoms with Gasteiger partial charge in [-0.25, -0.2) is 4.98 Å². The third kappa shape index (κ3) is 1.67. The minimum atomic E-state index is -0.738. The summed E-state index contributed by atoms with van der Waals surface area (Å²) in [6.45, 7) is 0. The maximum atomic E-state index is 10.4. The summed E-state index contributed by atoms with van der Waals surface area (Å²) < 4.78 is 1.82. The van der Waals surface area contributed by atoms with Crippen LogP contribution in [0.2, 0.25) is 0 Å². The van der Waals surface area contributed by atoms with Gasteiger partial charge in [-0.15, -0.1) is 0 Å². The molecule has 0 fully saturated rings. The number of aryl methyl sites for hydroxylation is 1. The first-order valence-corrected chi connectivity index (χ1v) is 5.76. The number of aliphatic hydroxyl groups is 1. The van der Waals surface area contributed by atoms with E-state index in [4.69, 9.17) is 0 Å². The van der Waals surface area contributed by atoms with Gasteiger partial charge in [-0.1, -0.05) is 18.2 Å². The molecule has 0 radical (unpaired) electrons. The van der Waals surface area contributed by atoms with Crippen LogP contribution in [0.25, 0.3) is 10.9 Å². The first-order valence-electron chi connectivity index (χ1n) is 5.76. The molecular weight excluding hydrogens is 226 g/mol. The van der Waals surface area contributed by atoms with Crippen molar-refractivity contribution in [2.45, 2.75) is 6.10 Å². The summed E-state index contributed by atoms with van der Waals surface area (Å²) in [7, 11) is 1.87. The van der Waals surface area contributed by atoms with Gasteiger partial charge in [0.25, 0.3) is 0 Å². The van der Waals surface area contributed by atoms with Gasteiger partial charge >= 0.3 is 0 Å². The van der Waals surface area contributed by atoms with E-state index in [1.54, 1.807) is 12.4 Å². The molecule has 0 saturated heterocycles. The number of benzene rings is 1. The van der Waals surface area contributed by atoms with Crippen LogP contribution in [0.5, 0.6) is 0 Å². The molecule has 1 atom stereocenters. The van der Waals surface area contributed by atoms with Gasteiger partial charge in [0, 0.05) is 31.0 Å². The number of nitrogens with zero attached hydrogens (tertiary/aromatic N) is 3. The Labute approximate surface area is 105 Å². The van der Waals surface area contributed by atoms with Crippen molar-refractivity contribution in [3.8, 4) is 0 Å². The third-order valence-corrected chi connectivity index (χ3v) is 3.08. The maximum Gasteiger partial charge on any atom is 0.142 e. The second kappa shape index (κ2) is 4.23. The van der Waals surface area contributed by atoms with Crippen molar-refractivity contribution >= 4 is 10.9 Å². The van der Waals surface area contributed by atoms with E-state index in [0.29, 0.717) is 5.82 Å². The van der Waals surface area contributed by atoms with Crippen LogP contribution in [-0.2, 0) is 7.05 Å². The molecular formula is C14H13N3O. The van der Waals surface area contributed by atoms with E-state index in [1.165, 1.54) is 0 Å². The SMILES string of the molecule is Cn1ccnc1C(O)c1cccc2ncccc12. The molecule has 18 heavy (non-hydrogen) atoms. The highest BCUT2D eigenvalue weighted by Crippen LogP contribution is 2.26. The van der Waals surface area contributed by atoms with E-state index in [9.17, 15) is 5.11 Å². The Morgan fingerprint density at radius 3 is 2.78 bits per heavy atom. The first-order chi connectivity index (χ1) is 8.77. The normalized spacial score (nSPS) is 12.8. The van der Waals surface area contributed by atoms with Crippen molar-refractivity contribution in [1.82, 2.24) is 14.5 Å². The lowest BCUT2D eigenvalue weighted by Gasteiger charge is -2.13. The van der Waals surface area contributed by atoms with Gasteiger partial charge in [-0.05, 0) is 17.7 Å². The number of aromatic nitrogens is 3. The fourth-order valence-electron chi connectivity index (χ4n) is 2.15. The molecule has 4 nitrogen and oxygen atoms in total. The Kier molecular flexibility index (Phi) is 2.57. The number of aliphatic hydroxyl groups excluding tert-OH is 1. The van der Waals surface area contributed by atoms with Gasteiger partial charge < -0.3 is 9.67 Å². The highest BCUT2D eigenvalue weighted by atomic mass is 16.3.